The highest BCUT2D eigenvalue weighted by molar-refractivity contribution is 7.89. The normalized spacial score (nSPS) is 11.4. The highest BCUT2D eigenvalue weighted by Gasteiger charge is 2.21. The van der Waals surface area contributed by atoms with Gasteiger partial charge in [0.2, 0.25) is 10.0 Å². The second-order valence-corrected chi connectivity index (χ2v) is 9.07. The fourth-order valence-corrected chi connectivity index (χ4v) is 3.92. The molecule has 2 heterocycles. The number of hydrogen-bond donors (Lipinski definition) is 1. The molecule has 0 fully saturated rings. The number of aromatic nitrogens is 4. The number of sulfonamides is 1. The SMILES string of the molecule is Cc1sc(N(CCn2nccn2)Cc2ccccc2)nc1C(=O)NS(C)(=O)=O. The summed E-state index contributed by atoms with van der Waals surface area (Å²) in [7, 11) is -3.66. The number of benzene rings is 1. The van der Waals surface area contributed by atoms with Crippen molar-refractivity contribution in [3.05, 3.63) is 58.9 Å². The van der Waals surface area contributed by atoms with Crippen LogP contribution in [0.25, 0.3) is 0 Å². The molecule has 0 aliphatic heterocycles. The summed E-state index contributed by atoms with van der Waals surface area (Å²) in [6.45, 7) is 3.45. The molecule has 3 rings (SSSR count). The number of anilines is 1. The third kappa shape index (κ3) is 5.36. The van der Waals surface area contributed by atoms with E-state index in [1.54, 1.807) is 24.1 Å². The molecule has 0 bridgehead atoms. The van der Waals surface area contributed by atoms with Crippen LogP contribution in [0.5, 0.6) is 0 Å². The van der Waals surface area contributed by atoms with Gasteiger partial charge in [0.15, 0.2) is 5.13 Å². The van der Waals surface area contributed by atoms with Gasteiger partial charge in [0.25, 0.3) is 5.91 Å². The molecule has 1 N–H and O–H groups in total. The summed E-state index contributed by atoms with van der Waals surface area (Å²) in [5.41, 5.74) is 1.20. The van der Waals surface area contributed by atoms with Gasteiger partial charge < -0.3 is 4.90 Å². The first-order chi connectivity index (χ1) is 13.3. The van der Waals surface area contributed by atoms with Crippen molar-refractivity contribution < 1.29 is 13.2 Å². The summed E-state index contributed by atoms with van der Waals surface area (Å²) in [5, 5.41) is 8.85. The molecular weight excluding hydrogens is 400 g/mol. The molecule has 0 spiro atoms. The Morgan fingerprint density at radius 2 is 1.89 bits per heavy atom. The van der Waals surface area contributed by atoms with Crippen LogP contribution in [0, 0.1) is 6.92 Å². The predicted octanol–water partition coefficient (Wildman–Crippen LogP) is 1.44. The van der Waals surface area contributed by atoms with E-state index in [0.29, 0.717) is 29.6 Å². The van der Waals surface area contributed by atoms with E-state index >= 15 is 0 Å². The van der Waals surface area contributed by atoms with Crippen LogP contribution in [-0.2, 0) is 23.1 Å². The molecule has 148 valence electrons. The van der Waals surface area contributed by atoms with E-state index in [1.165, 1.54) is 11.3 Å². The fourth-order valence-electron chi connectivity index (χ4n) is 2.56. The molecular formula is C17H20N6O3S2. The molecule has 2 aromatic heterocycles. The Labute approximate surface area is 167 Å². The van der Waals surface area contributed by atoms with Gasteiger partial charge in [-0.25, -0.2) is 18.1 Å². The van der Waals surface area contributed by atoms with Gasteiger partial charge in [-0.3, -0.25) is 4.79 Å². The van der Waals surface area contributed by atoms with Gasteiger partial charge in [0.1, 0.15) is 5.69 Å². The maximum absolute atomic E-state index is 12.2. The molecule has 11 heteroatoms. The summed E-state index contributed by atoms with van der Waals surface area (Å²) < 4.78 is 24.7. The second kappa shape index (κ2) is 8.48. The molecule has 0 aliphatic rings. The van der Waals surface area contributed by atoms with E-state index in [0.717, 1.165) is 11.8 Å². The van der Waals surface area contributed by atoms with Gasteiger partial charge >= 0.3 is 0 Å². The number of nitrogens with zero attached hydrogens (tertiary/aromatic N) is 5. The van der Waals surface area contributed by atoms with Crippen LogP contribution >= 0.6 is 11.3 Å². The average molecular weight is 421 g/mol. The van der Waals surface area contributed by atoms with Crippen molar-refractivity contribution in [1.82, 2.24) is 24.7 Å². The summed E-state index contributed by atoms with van der Waals surface area (Å²) in [6.07, 6.45) is 4.16. The topological polar surface area (TPSA) is 110 Å². The first-order valence-electron chi connectivity index (χ1n) is 8.44. The Morgan fingerprint density at radius 3 is 2.54 bits per heavy atom. The van der Waals surface area contributed by atoms with E-state index in [2.05, 4.69) is 15.2 Å². The van der Waals surface area contributed by atoms with Gasteiger partial charge in [0, 0.05) is 18.0 Å². The molecule has 9 nitrogen and oxygen atoms in total. The molecule has 1 amide bonds. The zero-order chi connectivity index (χ0) is 20.1. The highest BCUT2D eigenvalue weighted by atomic mass is 32.2. The van der Waals surface area contributed by atoms with Gasteiger partial charge in [-0.05, 0) is 12.5 Å². The Kier molecular flexibility index (Phi) is 6.05. The van der Waals surface area contributed by atoms with E-state index < -0.39 is 15.9 Å². The lowest BCUT2D eigenvalue weighted by molar-refractivity contribution is 0.0977. The minimum absolute atomic E-state index is 0.112. The molecule has 0 saturated heterocycles. The van der Waals surface area contributed by atoms with Crippen molar-refractivity contribution in [2.75, 3.05) is 17.7 Å². The third-order valence-electron chi connectivity index (χ3n) is 3.80. The van der Waals surface area contributed by atoms with Gasteiger partial charge in [-0.15, -0.1) is 11.3 Å². The van der Waals surface area contributed by atoms with E-state index in [4.69, 9.17) is 0 Å². The number of carbonyl (C=O) groups excluding carboxylic acids is 1. The van der Waals surface area contributed by atoms with Crippen molar-refractivity contribution in [1.29, 1.82) is 0 Å². The van der Waals surface area contributed by atoms with Crippen LogP contribution < -0.4 is 9.62 Å². The number of rotatable bonds is 8. The first-order valence-corrected chi connectivity index (χ1v) is 11.1. The molecule has 0 aliphatic carbocycles. The van der Waals surface area contributed by atoms with Crippen molar-refractivity contribution in [2.45, 2.75) is 20.0 Å². The predicted molar refractivity (Wildman–Crippen MR) is 107 cm³/mol. The van der Waals surface area contributed by atoms with Crippen LogP contribution in [0.4, 0.5) is 5.13 Å². The maximum Gasteiger partial charge on any atom is 0.284 e. The highest BCUT2D eigenvalue weighted by Crippen LogP contribution is 2.27. The van der Waals surface area contributed by atoms with Crippen molar-refractivity contribution in [3.63, 3.8) is 0 Å². The smallest absolute Gasteiger partial charge is 0.284 e. The lowest BCUT2D eigenvalue weighted by Gasteiger charge is -2.21. The quantitative estimate of drug-likeness (QED) is 0.587. The fraction of sp³-hybridized carbons (Fsp3) is 0.294. The summed E-state index contributed by atoms with van der Waals surface area (Å²) in [4.78, 5) is 20.9. The van der Waals surface area contributed by atoms with Gasteiger partial charge in [0.05, 0.1) is 25.2 Å². The third-order valence-corrected chi connectivity index (χ3v) is 5.39. The van der Waals surface area contributed by atoms with Crippen molar-refractivity contribution in [2.24, 2.45) is 0 Å². The molecule has 0 saturated carbocycles. The monoisotopic (exact) mass is 420 g/mol. The maximum atomic E-state index is 12.2. The van der Waals surface area contributed by atoms with Crippen LogP contribution in [0.1, 0.15) is 20.9 Å². The number of hydrogen-bond acceptors (Lipinski definition) is 8. The zero-order valence-electron chi connectivity index (χ0n) is 15.4. The van der Waals surface area contributed by atoms with Gasteiger partial charge in [-0.1, -0.05) is 30.3 Å². The van der Waals surface area contributed by atoms with Gasteiger partial charge in [-0.2, -0.15) is 15.0 Å². The summed E-state index contributed by atoms with van der Waals surface area (Å²) in [6, 6.07) is 9.89. The minimum atomic E-state index is -3.66. The second-order valence-electron chi connectivity index (χ2n) is 6.14. The van der Waals surface area contributed by atoms with E-state index in [9.17, 15) is 13.2 Å². The molecule has 0 unspecified atom stereocenters. The number of aryl methyl sites for hydroxylation is 1. The van der Waals surface area contributed by atoms with E-state index in [-0.39, 0.29) is 5.69 Å². The lowest BCUT2D eigenvalue weighted by atomic mass is 10.2. The number of amides is 1. The van der Waals surface area contributed by atoms with Crippen molar-refractivity contribution in [3.8, 4) is 0 Å². The lowest BCUT2D eigenvalue weighted by Crippen LogP contribution is -2.30. The Hall–Kier alpha value is -2.79. The molecule has 0 radical (unpaired) electrons. The van der Waals surface area contributed by atoms with Crippen LogP contribution in [0.3, 0.4) is 0 Å². The largest absolute Gasteiger partial charge is 0.342 e. The standard InChI is InChI=1S/C17H20N6O3S2/c1-13-15(16(24)21-28(2,25)26)20-17(27-13)22(10-11-23-18-8-9-19-23)12-14-6-4-3-5-7-14/h3-9H,10-12H2,1-2H3,(H,21,24). The number of nitrogens with one attached hydrogen (secondary N) is 1. The molecule has 3 aromatic rings. The Morgan fingerprint density at radius 1 is 1.21 bits per heavy atom. The zero-order valence-corrected chi connectivity index (χ0v) is 17.1. The molecule has 0 atom stereocenters. The first kappa shape index (κ1) is 20.0. The van der Waals surface area contributed by atoms with Crippen LogP contribution in [0.2, 0.25) is 0 Å². The molecule has 1 aromatic carbocycles. The van der Waals surface area contributed by atoms with E-state index in [1.807, 2.05) is 40.0 Å². The number of carbonyl (C=O) groups is 1. The average Bonchev–Trinajstić information content (AvgIpc) is 3.27. The van der Waals surface area contributed by atoms with Crippen LogP contribution in [0.15, 0.2) is 42.7 Å². The number of thiazole rings is 1. The van der Waals surface area contributed by atoms with Crippen molar-refractivity contribution >= 4 is 32.4 Å². The minimum Gasteiger partial charge on any atom is -0.342 e. The summed E-state index contributed by atoms with van der Waals surface area (Å²) >= 11 is 1.34. The van der Waals surface area contributed by atoms with Crippen LogP contribution in [-0.4, -0.2) is 47.1 Å². The summed E-state index contributed by atoms with van der Waals surface area (Å²) in [5.74, 6) is -0.726. The Balaban J connectivity index is 1.84. The Bertz CT molecular complexity index is 1030. The molecule has 28 heavy (non-hydrogen) atoms.